The highest BCUT2D eigenvalue weighted by molar-refractivity contribution is 7.89. The van der Waals surface area contributed by atoms with Gasteiger partial charge in [0.2, 0.25) is 10.0 Å². The number of rotatable bonds is 10. The minimum absolute atomic E-state index is 0.0428. The fourth-order valence-electron chi connectivity index (χ4n) is 2.92. The molecule has 0 bridgehead atoms. The van der Waals surface area contributed by atoms with Crippen LogP contribution in [0.15, 0.2) is 47.4 Å². The molecule has 0 fully saturated rings. The van der Waals surface area contributed by atoms with Crippen LogP contribution in [-0.2, 0) is 14.8 Å². The van der Waals surface area contributed by atoms with Gasteiger partial charge in [-0.15, -0.1) is 0 Å². The maximum Gasteiger partial charge on any atom is 0.255 e. The summed E-state index contributed by atoms with van der Waals surface area (Å²) in [5.41, 5.74) is 2.74. The third-order valence-corrected chi connectivity index (χ3v) is 6.07. The number of sulfonamides is 1. The van der Waals surface area contributed by atoms with Gasteiger partial charge in [-0.25, -0.2) is 13.1 Å². The monoisotopic (exact) mass is 419 g/mol. The number of carbonyl (C=O) groups is 1. The SMILES string of the molecule is CCN(CC)c1ccc(NC(=O)c2cc(S(=O)(=O)NCCOC)ccc2C)cc1. The molecule has 0 heterocycles. The fourth-order valence-corrected chi connectivity index (χ4v) is 3.96. The van der Waals surface area contributed by atoms with E-state index in [4.69, 9.17) is 4.74 Å². The van der Waals surface area contributed by atoms with Crippen molar-refractivity contribution in [1.82, 2.24) is 4.72 Å². The molecule has 0 atom stereocenters. The van der Waals surface area contributed by atoms with E-state index in [-0.39, 0.29) is 24.0 Å². The highest BCUT2D eigenvalue weighted by Gasteiger charge is 2.18. The van der Waals surface area contributed by atoms with Crippen molar-refractivity contribution in [3.8, 4) is 0 Å². The van der Waals surface area contributed by atoms with Gasteiger partial charge < -0.3 is 15.0 Å². The first-order valence-electron chi connectivity index (χ1n) is 9.58. The number of carbonyl (C=O) groups excluding carboxylic acids is 1. The van der Waals surface area contributed by atoms with Gasteiger partial charge in [-0.1, -0.05) is 6.07 Å². The van der Waals surface area contributed by atoms with Crippen molar-refractivity contribution in [3.05, 3.63) is 53.6 Å². The molecule has 0 unspecified atom stereocenters. The maximum atomic E-state index is 12.7. The number of hydrogen-bond acceptors (Lipinski definition) is 5. The van der Waals surface area contributed by atoms with E-state index in [0.717, 1.165) is 18.8 Å². The molecule has 0 aliphatic carbocycles. The first kappa shape index (κ1) is 22.9. The van der Waals surface area contributed by atoms with Gasteiger partial charge in [0.05, 0.1) is 11.5 Å². The van der Waals surface area contributed by atoms with Gasteiger partial charge in [0.25, 0.3) is 5.91 Å². The second-order valence-electron chi connectivity index (χ2n) is 6.54. The van der Waals surface area contributed by atoms with E-state index in [9.17, 15) is 13.2 Å². The molecule has 2 aromatic carbocycles. The number of methoxy groups -OCH3 is 1. The van der Waals surface area contributed by atoms with Crippen LogP contribution in [-0.4, -0.2) is 47.7 Å². The number of amides is 1. The number of anilines is 2. The molecule has 158 valence electrons. The Hall–Kier alpha value is -2.42. The Morgan fingerprint density at radius 3 is 2.31 bits per heavy atom. The molecule has 2 N–H and O–H groups in total. The molecule has 0 aliphatic heterocycles. The molecular weight excluding hydrogens is 390 g/mol. The maximum absolute atomic E-state index is 12.7. The zero-order valence-corrected chi connectivity index (χ0v) is 18.2. The lowest BCUT2D eigenvalue weighted by Gasteiger charge is -2.21. The number of hydrogen-bond donors (Lipinski definition) is 2. The first-order valence-corrected chi connectivity index (χ1v) is 11.1. The summed E-state index contributed by atoms with van der Waals surface area (Å²) in [6, 6.07) is 12.1. The van der Waals surface area contributed by atoms with Crippen molar-refractivity contribution in [2.45, 2.75) is 25.7 Å². The number of ether oxygens (including phenoxy) is 1. The van der Waals surface area contributed by atoms with Crippen LogP contribution < -0.4 is 14.9 Å². The Labute approximate surface area is 173 Å². The Kier molecular flexibility index (Phi) is 8.19. The van der Waals surface area contributed by atoms with Crippen LogP contribution in [0.5, 0.6) is 0 Å². The topological polar surface area (TPSA) is 87.7 Å². The normalized spacial score (nSPS) is 11.3. The van der Waals surface area contributed by atoms with Crippen LogP contribution in [0.2, 0.25) is 0 Å². The predicted molar refractivity (Wildman–Crippen MR) is 116 cm³/mol. The van der Waals surface area contributed by atoms with E-state index in [1.807, 2.05) is 24.3 Å². The molecule has 0 spiro atoms. The van der Waals surface area contributed by atoms with Gasteiger partial charge in [0.15, 0.2) is 0 Å². The van der Waals surface area contributed by atoms with Crippen molar-refractivity contribution < 1.29 is 17.9 Å². The highest BCUT2D eigenvalue weighted by Crippen LogP contribution is 2.20. The Bertz CT molecular complexity index is 923. The molecule has 0 saturated carbocycles. The van der Waals surface area contributed by atoms with Crippen molar-refractivity contribution in [3.63, 3.8) is 0 Å². The zero-order valence-electron chi connectivity index (χ0n) is 17.4. The highest BCUT2D eigenvalue weighted by atomic mass is 32.2. The van der Waals surface area contributed by atoms with E-state index >= 15 is 0 Å². The molecule has 29 heavy (non-hydrogen) atoms. The number of nitrogens with one attached hydrogen (secondary N) is 2. The summed E-state index contributed by atoms with van der Waals surface area (Å²) in [6.45, 7) is 8.19. The summed E-state index contributed by atoms with van der Waals surface area (Å²) < 4.78 is 32.1. The first-order chi connectivity index (χ1) is 13.8. The molecule has 2 rings (SSSR count). The quantitative estimate of drug-likeness (QED) is 0.578. The van der Waals surface area contributed by atoms with Crippen LogP contribution in [0.1, 0.15) is 29.8 Å². The molecule has 1 amide bonds. The average Bonchev–Trinajstić information content (AvgIpc) is 2.70. The van der Waals surface area contributed by atoms with Crippen molar-refractivity contribution >= 4 is 27.3 Å². The lowest BCUT2D eigenvalue weighted by Crippen LogP contribution is -2.27. The predicted octanol–water partition coefficient (Wildman–Crippen LogP) is 3.02. The zero-order chi connectivity index (χ0) is 21.4. The van der Waals surface area contributed by atoms with E-state index in [0.29, 0.717) is 16.8 Å². The molecule has 8 heteroatoms. The lowest BCUT2D eigenvalue weighted by atomic mass is 10.1. The number of aryl methyl sites for hydroxylation is 1. The van der Waals surface area contributed by atoms with E-state index in [2.05, 4.69) is 28.8 Å². The van der Waals surface area contributed by atoms with Gasteiger partial charge in [-0.2, -0.15) is 0 Å². The number of benzene rings is 2. The van der Waals surface area contributed by atoms with Gasteiger partial charge in [0, 0.05) is 43.7 Å². The summed E-state index contributed by atoms with van der Waals surface area (Å²) in [5.74, 6) is -0.355. The second kappa shape index (κ2) is 10.4. The Morgan fingerprint density at radius 1 is 1.07 bits per heavy atom. The molecule has 2 aromatic rings. The Balaban J connectivity index is 2.18. The van der Waals surface area contributed by atoms with E-state index in [1.165, 1.54) is 19.2 Å². The van der Waals surface area contributed by atoms with Gasteiger partial charge in [-0.3, -0.25) is 4.79 Å². The van der Waals surface area contributed by atoms with Crippen LogP contribution in [0.3, 0.4) is 0 Å². The van der Waals surface area contributed by atoms with Gasteiger partial charge in [0.1, 0.15) is 0 Å². The van der Waals surface area contributed by atoms with Crippen molar-refractivity contribution in [2.75, 3.05) is 43.6 Å². The smallest absolute Gasteiger partial charge is 0.255 e. The lowest BCUT2D eigenvalue weighted by molar-refractivity contribution is 0.102. The molecular formula is C21H29N3O4S. The summed E-state index contributed by atoms with van der Waals surface area (Å²) in [4.78, 5) is 15.0. The average molecular weight is 420 g/mol. The summed E-state index contributed by atoms with van der Waals surface area (Å²) in [5, 5.41) is 2.84. The van der Waals surface area contributed by atoms with Crippen LogP contribution in [0.4, 0.5) is 11.4 Å². The molecule has 0 aliphatic rings. The molecule has 0 radical (unpaired) electrons. The fraction of sp³-hybridized carbons (Fsp3) is 0.381. The molecule has 0 saturated heterocycles. The van der Waals surface area contributed by atoms with Gasteiger partial charge >= 0.3 is 0 Å². The summed E-state index contributed by atoms with van der Waals surface area (Å²) >= 11 is 0. The number of nitrogens with zero attached hydrogens (tertiary/aromatic N) is 1. The molecule has 7 nitrogen and oxygen atoms in total. The minimum Gasteiger partial charge on any atom is -0.383 e. The van der Waals surface area contributed by atoms with Crippen LogP contribution >= 0.6 is 0 Å². The Morgan fingerprint density at radius 2 is 1.72 bits per heavy atom. The second-order valence-corrected chi connectivity index (χ2v) is 8.31. The van der Waals surface area contributed by atoms with E-state index < -0.39 is 10.0 Å². The van der Waals surface area contributed by atoms with Gasteiger partial charge in [-0.05, 0) is 62.7 Å². The van der Waals surface area contributed by atoms with Crippen LogP contribution in [0, 0.1) is 6.92 Å². The molecule has 0 aromatic heterocycles. The van der Waals surface area contributed by atoms with Crippen molar-refractivity contribution in [1.29, 1.82) is 0 Å². The minimum atomic E-state index is -3.71. The van der Waals surface area contributed by atoms with Crippen molar-refractivity contribution in [2.24, 2.45) is 0 Å². The third kappa shape index (κ3) is 6.03. The third-order valence-electron chi connectivity index (χ3n) is 4.62. The van der Waals surface area contributed by atoms with Crippen LogP contribution in [0.25, 0.3) is 0 Å². The standard InChI is InChI=1S/C21H29N3O4S/c1-5-24(6-2)18-10-8-17(9-11-18)23-21(25)20-15-19(12-7-16(20)3)29(26,27)22-13-14-28-4/h7-12,15,22H,5-6,13-14H2,1-4H3,(H,23,25). The summed E-state index contributed by atoms with van der Waals surface area (Å²) in [6.07, 6.45) is 0. The largest absolute Gasteiger partial charge is 0.383 e. The van der Waals surface area contributed by atoms with E-state index in [1.54, 1.807) is 13.0 Å². The summed E-state index contributed by atoms with van der Waals surface area (Å²) in [7, 11) is -2.22.